The second-order valence-electron chi connectivity index (χ2n) is 11.4. The molecule has 0 unspecified atom stereocenters. The van der Waals surface area contributed by atoms with Crippen molar-refractivity contribution < 1.29 is 43.2 Å². The van der Waals surface area contributed by atoms with Crippen molar-refractivity contribution >= 4 is 17.8 Å². The lowest BCUT2D eigenvalue weighted by atomic mass is 10.00. The fraction of sp³-hybridized carbons (Fsp3) is 0.531. The van der Waals surface area contributed by atoms with E-state index < -0.39 is 17.7 Å². The van der Waals surface area contributed by atoms with E-state index in [1.54, 1.807) is 12.1 Å². The molecule has 2 N–H and O–H groups in total. The molecule has 2 heterocycles. The third-order valence-corrected chi connectivity index (χ3v) is 7.41. The van der Waals surface area contributed by atoms with Crippen molar-refractivity contribution in [2.24, 2.45) is 5.92 Å². The first-order chi connectivity index (χ1) is 20.4. The number of benzene rings is 2. The predicted molar refractivity (Wildman–Crippen MR) is 157 cm³/mol. The zero-order valence-electron chi connectivity index (χ0n) is 25.2. The number of carbonyl (C=O) groups is 3. The van der Waals surface area contributed by atoms with Gasteiger partial charge in [-0.3, -0.25) is 4.79 Å². The van der Waals surface area contributed by atoms with Gasteiger partial charge in [-0.05, 0) is 61.1 Å². The average Bonchev–Trinajstić information content (AvgIpc) is 3.42. The van der Waals surface area contributed by atoms with Crippen LogP contribution in [0, 0.1) is 11.7 Å². The van der Waals surface area contributed by atoms with Crippen molar-refractivity contribution in [2.75, 3.05) is 39.5 Å². The van der Waals surface area contributed by atoms with Crippen LogP contribution >= 0.6 is 0 Å². The summed E-state index contributed by atoms with van der Waals surface area (Å²) in [6.07, 6.45) is 2.99. The lowest BCUT2D eigenvalue weighted by Crippen LogP contribution is -2.48. The number of rotatable bonds is 11. The first kappa shape index (κ1) is 34.0. The van der Waals surface area contributed by atoms with Gasteiger partial charge in [0.25, 0.3) is 0 Å². The van der Waals surface area contributed by atoms with Gasteiger partial charge >= 0.3 is 11.9 Å². The molecule has 0 radical (unpaired) electrons. The Hall–Kier alpha value is -3.54. The van der Waals surface area contributed by atoms with Gasteiger partial charge in [0, 0.05) is 38.6 Å². The Morgan fingerprint density at radius 1 is 0.977 bits per heavy atom. The molecule has 0 aliphatic carbocycles. The van der Waals surface area contributed by atoms with E-state index in [2.05, 4.69) is 18.7 Å². The molecule has 10 nitrogen and oxygen atoms in total. The summed E-state index contributed by atoms with van der Waals surface area (Å²) < 4.78 is 30.8. The lowest BCUT2D eigenvalue weighted by Gasteiger charge is -2.39. The molecule has 2 saturated heterocycles. The highest BCUT2D eigenvalue weighted by atomic mass is 19.1. The molecule has 4 rings (SSSR count). The van der Waals surface area contributed by atoms with Crippen molar-refractivity contribution in [1.29, 1.82) is 0 Å². The Morgan fingerprint density at radius 3 is 2.07 bits per heavy atom. The van der Waals surface area contributed by atoms with Gasteiger partial charge < -0.3 is 34.2 Å². The Labute approximate surface area is 252 Å². The molecule has 11 heteroatoms. The molecule has 236 valence electrons. The van der Waals surface area contributed by atoms with Crippen LogP contribution in [0.5, 0.6) is 5.75 Å². The van der Waals surface area contributed by atoms with Crippen molar-refractivity contribution in [3.8, 4) is 5.75 Å². The zero-order chi connectivity index (χ0) is 31.4. The largest absolute Gasteiger partial charge is 0.493 e. The first-order valence-corrected chi connectivity index (χ1v) is 14.7. The number of likely N-dealkylation sites (tertiary alicyclic amines) is 1. The van der Waals surface area contributed by atoms with Crippen molar-refractivity contribution in [1.82, 2.24) is 9.80 Å². The van der Waals surface area contributed by atoms with Gasteiger partial charge in [-0.2, -0.15) is 0 Å². The van der Waals surface area contributed by atoms with Crippen molar-refractivity contribution in [3.05, 3.63) is 65.5 Å². The summed E-state index contributed by atoms with van der Waals surface area (Å²) in [4.78, 5) is 36.2. The van der Waals surface area contributed by atoms with Crippen molar-refractivity contribution in [2.45, 2.75) is 64.8 Å². The highest BCUT2D eigenvalue weighted by molar-refractivity contribution is 6.27. The number of amides is 1. The van der Waals surface area contributed by atoms with Gasteiger partial charge in [0.2, 0.25) is 5.91 Å². The minimum absolute atomic E-state index is 0.0962. The Morgan fingerprint density at radius 2 is 1.53 bits per heavy atom. The molecule has 2 aliphatic heterocycles. The standard InChI is InChI=1S/C30H41FN2O4.C2H2O4/c1-23(2)22-35-28-10-6-24(7-11-28)20-29(34)33(21-25-4-8-26(31)9-5-25)27-12-15-32(16-13-27)17-14-30(3)36-18-19-37-30;3-1(4)2(5)6/h4-11,23,27H,12-22H2,1-3H3;(H,3,4)(H,5,6). The normalized spacial score (nSPS) is 16.8. The summed E-state index contributed by atoms with van der Waals surface area (Å²) >= 11 is 0. The number of piperidine rings is 1. The van der Waals surface area contributed by atoms with E-state index in [1.165, 1.54) is 12.1 Å². The van der Waals surface area contributed by atoms with Crippen LogP contribution in [0.1, 0.15) is 51.2 Å². The second-order valence-corrected chi connectivity index (χ2v) is 11.4. The van der Waals surface area contributed by atoms with Gasteiger partial charge in [-0.15, -0.1) is 0 Å². The summed E-state index contributed by atoms with van der Waals surface area (Å²) in [6, 6.07) is 14.4. The second kappa shape index (κ2) is 16.3. The first-order valence-electron chi connectivity index (χ1n) is 14.7. The van der Waals surface area contributed by atoms with E-state index in [1.807, 2.05) is 36.1 Å². The molecule has 2 fully saturated rings. The number of hydrogen-bond acceptors (Lipinski definition) is 7. The summed E-state index contributed by atoms with van der Waals surface area (Å²) in [5.74, 6) is -3.01. The Bertz CT molecular complexity index is 1160. The molecule has 2 aromatic carbocycles. The van der Waals surface area contributed by atoms with Crippen LogP contribution in [0.25, 0.3) is 0 Å². The molecule has 0 aromatic heterocycles. The highest BCUT2D eigenvalue weighted by Crippen LogP contribution is 2.26. The maximum Gasteiger partial charge on any atom is 0.414 e. The van der Waals surface area contributed by atoms with Gasteiger partial charge in [-0.1, -0.05) is 38.1 Å². The maximum atomic E-state index is 13.6. The molecule has 43 heavy (non-hydrogen) atoms. The number of halogens is 1. The van der Waals surface area contributed by atoms with Crippen LogP contribution in [0.15, 0.2) is 48.5 Å². The number of carboxylic acids is 2. The summed E-state index contributed by atoms with van der Waals surface area (Å²) in [7, 11) is 0. The molecule has 2 aliphatic rings. The molecule has 1 amide bonds. The van der Waals surface area contributed by atoms with Gasteiger partial charge in [0.15, 0.2) is 5.79 Å². The van der Waals surface area contributed by atoms with E-state index >= 15 is 0 Å². The Kier molecular flexibility index (Phi) is 12.9. The molecular weight excluding hydrogens is 559 g/mol. The molecule has 0 spiro atoms. The third-order valence-electron chi connectivity index (χ3n) is 7.41. The fourth-order valence-electron chi connectivity index (χ4n) is 4.97. The minimum Gasteiger partial charge on any atom is -0.493 e. The summed E-state index contributed by atoms with van der Waals surface area (Å²) in [5, 5.41) is 14.8. The van der Waals surface area contributed by atoms with Crippen LogP contribution in [0.2, 0.25) is 0 Å². The van der Waals surface area contributed by atoms with E-state index in [0.717, 1.165) is 55.8 Å². The van der Waals surface area contributed by atoms with E-state index in [9.17, 15) is 9.18 Å². The van der Waals surface area contributed by atoms with E-state index in [4.69, 9.17) is 34.0 Å². The third kappa shape index (κ3) is 11.6. The number of carbonyl (C=O) groups excluding carboxylic acids is 1. The molecule has 0 saturated carbocycles. The molecule has 0 bridgehead atoms. The molecular formula is C32H43FN2O8. The van der Waals surface area contributed by atoms with Crippen LogP contribution in [0.4, 0.5) is 4.39 Å². The van der Waals surface area contributed by atoms with Gasteiger partial charge in [0.05, 0.1) is 26.2 Å². The number of aliphatic carboxylic acids is 2. The van der Waals surface area contributed by atoms with Crippen LogP contribution < -0.4 is 4.74 Å². The van der Waals surface area contributed by atoms with E-state index in [-0.39, 0.29) is 17.8 Å². The minimum atomic E-state index is -1.82. The van der Waals surface area contributed by atoms with Gasteiger partial charge in [0.1, 0.15) is 11.6 Å². The quantitative estimate of drug-likeness (QED) is 0.364. The number of carboxylic acid groups (broad SMARTS) is 2. The topological polar surface area (TPSA) is 126 Å². The summed E-state index contributed by atoms with van der Waals surface area (Å²) in [5.41, 5.74) is 1.91. The van der Waals surface area contributed by atoms with Gasteiger partial charge in [-0.25, -0.2) is 14.0 Å². The van der Waals surface area contributed by atoms with E-state index in [0.29, 0.717) is 38.7 Å². The summed E-state index contributed by atoms with van der Waals surface area (Å²) in [6.45, 7) is 11.5. The molecule has 0 atom stereocenters. The average molecular weight is 603 g/mol. The molecule has 2 aromatic rings. The Balaban J connectivity index is 0.000000765. The SMILES string of the molecule is CC(C)COc1ccc(CC(=O)N(Cc2ccc(F)cc2)C2CCN(CCC3(C)OCCO3)CC2)cc1.O=C(O)C(=O)O. The smallest absolute Gasteiger partial charge is 0.414 e. The maximum absolute atomic E-state index is 13.6. The van der Waals surface area contributed by atoms with Crippen LogP contribution in [0.3, 0.4) is 0 Å². The van der Waals surface area contributed by atoms with Crippen LogP contribution in [-0.4, -0.2) is 89.1 Å². The number of ether oxygens (including phenoxy) is 3. The monoisotopic (exact) mass is 602 g/mol. The van der Waals surface area contributed by atoms with Crippen molar-refractivity contribution in [3.63, 3.8) is 0 Å². The number of hydrogen-bond donors (Lipinski definition) is 2. The number of nitrogens with zero attached hydrogens (tertiary/aromatic N) is 2. The predicted octanol–water partition coefficient (Wildman–Crippen LogP) is 4.20. The lowest BCUT2D eigenvalue weighted by molar-refractivity contribution is -0.159. The fourth-order valence-corrected chi connectivity index (χ4v) is 4.97. The highest BCUT2D eigenvalue weighted by Gasteiger charge is 2.33. The zero-order valence-corrected chi connectivity index (χ0v) is 25.2. The van der Waals surface area contributed by atoms with Crippen LogP contribution in [-0.2, 0) is 36.8 Å².